The Morgan fingerprint density at radius 1 is 1.43 bits per heavy atom. The average Bonchev–Trinajstić information content (AvgIpc) is 3.01. The quantitative estimate of drug-likeness (QED) is 0.891. The van der Waals surface area contributed by atoms with E-state index in [2.05, 4.69) is 15.7 Å². The lowest BCUT2D eigenvalue weighted by Gasteiger charge is -2.41. The SMILES string of the molecule is COCC1(NC(=O)Nc2cc(-n3cccn3)ccc2C)CCC1. The number of ether oxygens (including phenoxy) is 1. The van der Waals surface area contributed by atoms with Crippen molar-refractivity contribution in [2.75, 3.05) is 19.0 Å². The highest BCUT2D eigenvalue weighted by atomic mass is 16.5. The number of nitrogens with one attached hydrogen (secondary N) is 2. The molecule has 2 N–H and O–H groups in total. The van der Waals surface area contributed by atoms with Crippen LogP contribution >= 0.6 is 0 Å². The molecule has 6 heteroatoms. The van der Waals surface area contributed by atoms with Crippen LogP contribution in [0.4, 0.5) is 10.5 Å². The van der Waals surface area contributed by atoms with Gasteiger partial charge in [-0.05, 0) is 49.9 Å². The molecule has 1 fully saturated rings. The molecule has 23 heavy (non-hydrogen) atoms. The predicted octanol–water partition coefficient (Wildman–Crippen LogP) is 2.87. The van der Waals surface area contributed by atoms with Crippen LogP contribution in [-0.4, -0.2) is 35.1 Å². The number of hydrogen-bond acceptors (Lipinski definition) is 3. The van der Waals surface area contributed by atoms with E-state index in [0.29, 0.717) is 6.61 Å². The van der Waals surface area contributed by atoms with Crippen molar-refractivity contribution in [1.82, 2.24) is 15.1 Å². The molecule has 1 aliphatic carbocycles. The maximum absolute atomic E-state index is 12.3. The molecule has 0 bridgehead atoms. The Kier molecular flexibility index (Phi) is 4.34. The third kappa shape index (κ3) is 3.37. The molecule has 1 aliphatic rings. The summed E-state index contributed by atoms with van der Waals surface area (Å²) in [6, 6.07) is 7.55. The zero-order valence-corrected chi connectivity index (χ0v) is 13.5. The zero-order chi connectivity index (χ0) is 16.3. The molecule has 0 aliphatic heterocycles. The summed E-state index contributed by atoms with van der Waals surface area (Å²) < 4.78 is 7.00. The van der Waals surface area contributed by atoms with Gasteiger partial charge in [-0.3, -0.25) is 0 Å². The third-order valence-electron chi connectivity index (χ3n) is 4.35. The van der Waals surface area contributed by atoms with E-state index in [1.54, 1.807) is 18.0 Å². The average molecular weight is 314 g/mol. The molecule has 2 amide bonds. The Balaban J connectivity index is 1.72. The Bertz CT molecular complexity index is 678. The van der Waals surface area contributed by atoms with Gasteiger partial charge in [0.25, 0.3) is 0 Å². The molecule has 1 heterocycles. The van der Waals surface area contributed by atoms with Crippen molar-refractivity contribution in [3.63, 3.8) is 0 Å². The van der Waals surface area contributed by atoms with E-state index in [4.69, 9.17) is 4.74 Å². The Labute approximate surface area is 135 Å². The number of carbonyl (C=O) groups is 1. The second-order valence-corrected chi connectivity index (χ2v) is 6.10. The van der Waals surface area contributed by atoms with Crippen LogP contribution < -0.4 is 10.6 Å². The van der Waals surface area contributed by atoms with Gasteiger partial charge in [0.2, 0.25) is 0 Å². The highest BCUT2D eigenvalue weighted by Crippen LogP contribution is 2.32. The number of hydrogen-bond donors (Lipinski definition) is 2. The van der Waals surface area contributed by atoms with E-state index in [1.807, 2.05) is 37.4 Å². The molecule has 0 radical (unpaired) electrons. The maximum Gasteiger partial charge on any atom is 0.319 e. The van der Waals surface area contributed by atoms with Gasteiger partial charge in [-0.15, -0.1) is 0 Å². The fourth-order valence-corrected chi connectivity index (χ4v) is 2.89. The van der Waals surface area contributed by atoms with Gasteiger partial charge < -0.3 is 15.4 Å². The summed E-state index contributed by atoms with van der Waals surface area (Å²) in [4.78, 5) is 12.3. The predicted molar refractivity (Wildman–Crippen MR) is 88.9 cm³/mol. The van der Waals surface area contributed by atoms with Crippen LogP contribution in [0.15, 0.2) is 36.7 Å². The molecular weight excluding hydrogens is 292 g/mol. The van der Waals surface area contributed by atoms with Gasteiger partial charge >= 0.3 is 6.03 Å². The van der Waals surface area contributed by atoms with E-state index in [1.165, 1.54) is 0 Å². The fourth-order valence-electron chi connectivity index (χ4n) is 2.89. The number of rotatable bonds is 5. The summed E-state index contributed by atoms with van der Waals surface area (Å²) in [7, 11) is 1.66. The number of aryl methyl sites for hydroxylation is 1. The first-order valence-corrected chi connectivity index (χ1v) is 7.81. The number of methoxy groups -OCH3 is 1. The number of benzene rings is 1. The van der Waals surface area contributed by atoms with Crippen molar-refractivity contribution in [3.05, 3.63) is 42.2 Å². The summed E-state index contributed by atoms with van der Waals surface area (Å²) in [5, 5.41) is 10.2. The van der Waals surface area contributed by atoms with E-state index < -0.39 is 0 Å². The van der Waals surface area contributed by atoms with Crippen molar-refractivity contribution in [1.29, 1.82) is 0 Å². The highest BCUT2D eigenvalue weighted by molar-refractivity contribution is 5.91. The van der Waals surface area contributed by atoms with Crippen LogP contribution in [0.1, 0.15) is 24.8 Å². The molecule has 0 atom stereocenters. The summed E-state index contributed by atoms with van der Waals surface area (Å²) in [5.41, 5.74) is 2.48. The van der Waals surface area contributed by atoms with Crippen LogP contribution in [0.2, 0.25) is 0 Å². The monoisotopic (exact) mass is 314 g/mol. The van der Waals surface area contributed by atoms with Crippen LogP contribution in [0.25, 0.3) is 5.69 Å². The van der Waals surface area contributed by atoms with Gasteiger partial charge in [-0.2, -0.15) is 5.10 Å². The number of amides is 2. The van der Waals surface area contributed by atoms with Crippen molar-refractivity contribution in [2.24, 2.45) is 0 Å². The van der Waals surface area contributed by atoms with E-state index in [9.17, 15) is 4.79 Å². The zero-order valence-electron chi connectivity index (χ0n) is 13.5. The van der Waals surface area contributed by atoms with E-state index in [0.717, 1.165) is 36.2 Å². The number of anilines is 1. The third-order valence-corrected chi connectivity index (χ3v) is 4.35. The van der Waals surface area contributed by atoms with Crippen molar-refractivity contribution in [3.8, 4) is 5.69 Å². The van der Waals surface area contributed by atoms with E-state index in [-0.39, 0.29) is 11.6 Å². The lowest BCUT2D eigenvalue weighted by atomic mass is 9.77. The van der Waals surface area contributed by atoms with Gasteiger partial charge in [0, 0.05) is 25.2 Å². The van der Waals surface area contributed by atoms with Crippen LogP contribution in [0, 0.1) is 6.92 Å². The van der Waals surface area contributed by atoms with Crippen molar-refractivity contribution in [2.45, 2.75) is 31.7 Å². The van der Waals surface area contributed by atoms with E-state index >= 15 is 0 Å². The van der Waals surface area contributed by atoms with Crippen molar-refractivity contribution < 1.29 is 9.53 Å². The van der Waals surface area contributed by atoms with Gasteiger partial charge in [0.1, 0.15) is 0 Å². The number of aromatic nitrogens is 2. The Morgan fingerprint density at radius 2 is 2.26 bits per heavy atom. The second-order valence-electron chi connectivity index (χ2n) is 6.10. The minimum atomic E-state index is -0.216. The molecule has 1 aromatic carbocycles. The first kappa shape index (κ1) is 15.6. The van der Waals surface area contributed by atoms with Gasteiger partial charge in [-0.25, -0.2) is 9.48 Å². The summed E-state index contributed by atoms with van der Waals surface area (Å²) >= 11 is 0. The lowest BCUT2D eigenvalue weighted by Crippen LogP contribution is -2.57. The molecule has 1 aromatic heterocycles. The lowest BCUT2D eigenvalue weighted by molar-refractivity contribution is 0.0648. The Morgan fingerprint density at radius 3 is 2.87 bits per heavy atom. The summed E-state index contributed by atoms with van der Waals surface area (Å²) in [5.74, 6) is 0. The maximum atomic E-state index is 12.3. The van der Waals surface area contributed by atoms with Crippen LogP contribution in [0.3, 0.4) is 0 Å². The Hall–Kier alpha value is -2.34. The standard InChI is InChI=1S/C17H22N4O2/c1-13-5-6-14(21-10-4-9-18-21)11-15(13)19-16(22)20-17(12-23-2)7-3-8-17/h4-6,9-11H,3,7-8,12H2,1-2H3,(H2,19,20,22). The summed E-state index contributed by atoms with van der Waals surface area (Å²) in [6.07, 6.45) is 6.64. The highest BCUT2D eigenvalue weighted by Gasteiger charge is 2.38. The minimum Gasteiger partial charge on any atom is -0.382 e. The van der Waals surface area contributed by atoms with Gasteiger partial charge in [0.05, 0.1) is 17.8 Å². The molecule has 0 unspecified atom stereocenters. The summed E-state index contributed by atoms with van der Waals surface area (Å²) in [6.45, 7) is 2.52. The fraction of sp³-hybridized carbons (Fsp3) is 0.412. The second kappa shape index (κ2) is 6.42. The first-order valence-electron chi connectivity index (χ1n) is 7.81. The molecule has 3 rings (SSSR count). The topological polar surface area (TPSA) is 68.2 Å². The number of carbonyl (C=O) groups excluding carboxylic acids is 1. The van der Waals surface area contributed by atoms with Crippen molar-refractivity contribution >= 4 is 11.7 Å². The number of urea groups is 1. The first-order chi connectivity index (χ1) is 11.1. The van der Waals surface area contributed by atoms with Crippen LogP contribution in [-0.2, 0) is 4.74 Å². The molecular formula is C17H22N4O2. The number of nitrogens with zero attached hydrogens (tertiary/aromatic N) is 2. The molecule has 1 saturated carbocycles. The molecule has 0 saturated heterocycles. The van der Waals surface area contributed by atoms with Gasteiger partial charge in [0.15, 0.2) is 0 Å². The molecule has 0 spiro atoms. The molecule has 2 aromatic rings. The normalized spacial score (nSPS) is 15.7. The molecule has 6 nitrogen and oxygen atoms in total. The van der Waals surface area contributed by atoms with Crippen LogP contribution in [0.5, 0.6) is 0 Å². The minimum absolute atomic E-state index is 0.192. The smallest absolute Gasteiger partial charge is 0.319 e. The largest absolute Gasteiger partial charge is 0.382 e. The molecule has 122 valence electrons. The van der Waals surface area contributed by atoms with Gasteiger partial charge in [-0.1, -0.05) is 6.07 Å².